The number of benzene rings is 1. The molecule has 1 heterocycles. The zero-order chi connectivity index (χ0) is 15.4. The molecule has 2 rings (SSSR count). The van der Waals surface area contributed by atoms with Crippen molar-refractivity contribution >= 4 is 16.9 Å². The number of carbonyl (C=O) groups excluding carboxylic acids is 1. The summed E-state index contributed by atoms with van der Waals surface area (Å²) in [6.45, 7) is 7.51. The lowest BCUT2D eigenvalue weighted by molar-refractivity contribution is 0.0601. The molecule has 0 bridgehead atoms. The average Bonchev–Trinajstić information content (AvgIpc) is 2.78. The number of hydrogen-bond donors (Lipinski definition) is 0. The van der Waals surface area contributed by atoms with E-state index in [-0.39, 0.29) is 5.97 Å². The zero-order valence-corrected chi connectivity index (χ0v) is 13.5. The number of carbonyl (C=O) groups is 1. The van der Waals surface area contributed by atoms with E-state index in [1.807, 2.05) is 18.2 Å². The fourth-order valence-corrected chi connectivity index (χ4v) is 2.86. The van der Waals surface area contributed by atoms with Gasteiger partial charge in [0, 0.05) is 23.1 Å². The van der Waals surface area contributed by atoms with Crippen LogP contribution in [0.15, 0.2) is 24.3 Å². The van der Waals surface area contributed by atoms with E-state index in [1.54, 1.807) is 0 Å². The number of methoxy groups -OCH3 is 1. The first-order valence-electron chi connectivity index (χ1n) is 7.78. The SMILES string of the molecule is CCCCc1c(C(=O)OC)c2ccccc2n1CC(C)C. The number of ether oxygens (including phenoxy) is 1. The molecule has 0 N–H and O–H groups in total. The molecule has 0 fully saturated rings. The summed E-state index contributed by atoms with van der Waals surface area (Å²) in [5.41, 5.74) is 3.01. The van der Waals surface area contributed by atoms with E-state index in [0.717, 1.165) is 48.0 Å². The average molecular weight is 287 g/mol. The standard InChI is InChI=1S/C18H25NO2/c1-5-6-10-16-17(18(20)21-4)14-9-7-8-11-15(14)19(16)12-13(2)3/h7-9,11,13H,5-6,10,12H2,1-4H3. The molecule has 0 saturated carbocycles. The van der Waals surface area contributed by atoms with Gasteiger partial charge in [-0.25, -0.2) is 4.79 Å². The Labute approximate surface area is 126 Å². The Hall–Kier alpha value is -1.77. The maximum Gasteiger partial charge on any atom is 0.340 e. The van der Waals surface area contributed by atoms with Crippen LogP contribution in [0.5, 0.6) is 0 Å². The third kappa shape index (κ3) is 3.12. The first kappa shape index (κ1) is 15.6. The van der Waals surface area contributed by atoms with Crippen LogP contribution in [-0.4, -0.2) is 17.6 Å². The summed E-state index contributed by atoms with van der Waals surface area (Å²) in [5, 5.41) is 1.01. The van der Waals surface area contributed by atoms with Crippen LogP contribution in [0.2, 0.25) is 0 Å². The quantitative estimate of drug-likeness (QED) is 0.736. The monoisotopic (exact) mass is 287 g/mol. The Bertz CT molecular complexity index is 625. The number of rotatable bonds is 6. The Balaban J connectivity index is 2.68. The van der Waals surface area contributed by atoms with Crippen LogP contribution in [0.25, 0.3) is 10.9 Å². The first-order valence-corrected chi connectivity index (χ1v) is 7.78. The Morgan fingerprint density at radius 1 is 1.29 bits per heavy atom. The van der Waals surface area contributed by atoms with E-state index in [9.17, 15) is 4.79 Å². The van der Waals surface area contributed by atoms with Crippen molar-refractivity contribution in [2.45, 2.75) is 46.6 Å². The predicted molar refractivity (Wildman–Crippen MR) is 86.7 cm³/mol. The highest BCUT2D eigenvalue weighted by atomic mass is 16.5. The van der Waals surface area contributed by atoms with Crippen LogP contribution in [0.4, 0.5) is 0 Å². The van der Waals surface area contributed by atoms with Crippen molar-refractivity contribution in [2.75, 3.05) is 7.11 Å². The zero-order valence-electron chi connectivity index (χ0n) is 13.5. The molecule has 0 unspecified atom stereocenters. The summed E-state index contributed by atoms with van der Waals surface area (Å²) in [6, 6.07) is 8.13. The second-order valence-electron chi connectivity index (χ2n) is 5.94. The number of fused-ring (bicyclic) bond motifs is 1. The fraction of sp³-hybridized carbons (Fsp3) is 0.500. The minimum Gasteiger partial charge on any atom is -0.465 e. The topological polar surface area (TPSA) is 31.2 Å². The smallest absolute Gasteiger partial charge is 0.340 e. The van der Waals surface area contributed by atoms with Gasteiger partial charge in [-0.05, 0) is 24.8 Å². The van der Waals surface area contributed by atoms with Crippen molar-refractivity contribution in [3.05, 3.63) is 35.5 Å². The summed E-state index contributed by atoms with van der Waals surface area (Å²) in [4.78, 5) is 12.3. The molecule has 21 heavy (non-hydrogen) atoms. The minimum atomic E-state index is -0.222. The third-order valence-corrected chi connectivity index (χ3v) is 3.78. The van der Waals surface area contributed by atoms with Gasteiger partial charge in [-0.15, -0.1) is 0 Å². The molecule has 1 aromatic heterocycles. The number of esters is 1. The summed E-state index contributed by atoms with van der Waals surface area (Å²) in [5.74, 6) is 0.312. The number of unbranched alkanes of at least 4 members (excludes halogenated alkanes) is 1. The molecule has 0 atom stereocenters. The number of aromatic nitrogens is 1. The molecule has 0 saturated heterocycles. The maximum absolute atomic E-state index is 12.3. The number of para-hydroxylation sites is 1. The summed E-state index contributed by atoms with van der Waals surface area (Å²) in [7, 11) is 1.46. The van der Waals surface area contributed by atoms with Gasteiger partial charge in [-0.1, -0.05) is 45.4 Å². The van der Waals surface area contributed by atoms with Crippen molar-refractivity contribution in [3.63, 3.8) is 0 Å². The molecule has 0 spiro atoms. The second kappa shape index (κ2) is 6.79. The van der Waals surface area contributed by atoms with Gasteiger partial charge in [-0.2, -0.15) is 0 Å². The Morgan fingerprint density at radius 3 is 2.62 bits per heavy atom. The molecule has 1 aromatic carbocycles. The van der Waals surface area contributed by atoms with Crippen LogP contribution in [0.3, 0.4) is 0 Å². The van der Waals surface area contributed by atoms with Gasteiger partial charge >= 0.3 is 5.97 Å². The van der Waals surface area contributed by atoms with Crippen molar-refractivity contribution in [2.24, 2.45) is 5.92 Å². The lowest BCUT2D eigenvalue weighted by Crippen LogP contribution is -2.11. The van der Waals surface area contributed by atoms with Crippen LogP contribution in [0, 0.1) is 5.92 Å². The molecule has 0 aliphatic heterocycles. The highest BCUT2D eigenvalue weighted by molar-refractivity contribution is 6.06. The van der Waals surface area contributed by atoms with E-state index < -0.39 is 0 Å². The maximum atomic E-state index is 12.3. The van der Waals surface area contributed by atoms with Crippen LogP contribution >= 0.6 is 0 Å². The highest BCUT2D eigenvalue weighted by Crippen LogP contribution is 2.29. The van der Waals surface area contributed by atoms with E-state index in [1.165, 1.54) is 7.11 Å². The van der Waals surface area contributed by atoms with Crippen molar-refractivity contribution in [1.82, 2.24) is 4.57 Å². The number of nitrogens with zero attached hydrogens (tertiary/aromatic N) is 1. The summed E-state index contributed by atoms with van der Waals surface area (Å²) < 4.78 is 7.34. The predicted octanol–water partition coefficient (Wildman–Crippen LogP) is 4.43. The third-order valence-electron chi connectivity index (χ3n) is 3.78. The van der Waals surface area contributed by atoms with Gasteiger partial charge in [-0.3, -0.25) is 0 Å². The molecular weight excluding hydrogens is 262 g/mol. The van der Waals surface area contributed by atoms with E-state index in [4.69, 9.17) is 4.74 Å². The van der Waals surface area contributed by atoms with Gasteiger partial charge in [0.05, 0.1) is 12.7 Å². The molecule has 3 nitrogen and oxygen atoms in total. The van der Waals surface area contributed by atoms with Gasteiger partial charge in [0.25, 0.3) is 0 Å². The van der Waals surface area contributed by atoms with Crippen LogP contribution in [-0.2, 0) is 17.7 Å². The highest BCUT2D eigenvalue weighted by Gasteiger charge is 2.22. The van der Waals surface area contributed by atoms with Crippen molar-refractivity contribution in [1.29, 1.82) is 0 Å². The normalized spacial score (nSPS) is 11.3. The van der Waals surface area contributed by atoms with Crippen LogP contribution < -0.4 is 0 Å². The molecule has 0 amide bonds. The molecule has 0 radical (unpaired) electrons. The summed E-state index contributed by atoms with van der Waals surface area (Å²) >= 11 is 0. The van der Waals surface area contributed by atoms with Gasteiger partial charge in [0.2, 0.25) is 0 Å². The lowest BCUT2D eigenvalue weighted by Gasteiger charge is -2.14. The molecule has 114 valence electrons. The number of hydrogen-bond acceptors (Lipinski definition) is 2. The molecule has 3 heteroatoms. The molecule has 0 aliphatic carbocycles. The Morgan fingerprint density at radius 2 is 2.00 bits per heavy atom. The molecule has 0 aliphatic rings. The molecular formula is C18H25NO2. The van der Waals surface area contributed by atoms with E-state index in [0.29, 0.717) is 5.92 Å². The fourth-order valence-electron chi connectivity index (χ4n) is 2.86. The van der Waals surface area contributed by atoms with Gasteiger partial charge in [0.1, 0.15) is 0 Å². The summed E-state index contributed by atoms with van der Waals surface area (Å²) in [6.07, 6.45) is 3.12. The van der Waals surface area contributed by atoms with Crippen LogP contribution in [0.1, 0.15) is 49.7 Å². The van der Waals surface area contributed by atoms with Gasteiger partial charge < -0.3 is 9.30 Å². The van der Waals surface area contributed by atoms with Crippen molar-refractivity contribution in [3.8, 4) is 0 Å². The van der Waals surface area contributed by atoms with Crippen molar-refractivity contribution < 1.29 is 9.53 Å². The largest absolute Gasteiger partial charge is 0.465 e. The lowest BCUT2D eigenvalue weighted by atomic mass is 10.1. The minimum absolute atomic E-state index is 0.222. The second-order valence-corrected chi connectivity index (χ2v) is 5.94. The van der Waals surface area contributed by atoms with Gasteiger partial charge in [0.15, 0.2) is 0 Å². The van der Waals surface area contributed by atoms with E-state index >= 15 is 0 Å². The van der Waals surface area contributed by atoms with E-state index in [2.05, 4.69) is 31.4 Å². The first-order chi connectivity index (χ1) is 10.1. The Kier molecular flexibility index (Phi) is 5.05. The molecule has 2 aromatic rings.